The van der Waals surface area contributed by atoms with E-state index >= 15 is 0 Å². The Kier molecular flexibility index (Phi) is 7.40. The van der Waals surface area contributed by atoms with E-state index in [1.165, 1.54) is 0 Å². The Morgan fingerprint density at radius 1 is 1.29 bits per heavy atom. The number of ether oxygens (including phenoxy) is 2. The van der Waals surface area contributed by atoms with Crippen molar-refractivity contribution in [3.8, 4) is 6.07 Å². The highest BCUT2D eigenvalue weighted by Crippen LogP contribution is 2.01. The fourth-order valence-corrected chi connectivity index (χ4v) is 0.914. The van der Waals surface area contributed by atoms with Crippen molar-refractivity contribution < 1.29 is 9.47 Å². The molecule has 82 valence electrons. The third kappa shape index (κ3) is 7.99. The van der Waals surface area contributed by atoms with Crippen LogP contribution in [0.3, 0.4) is 0 Å². The average Bonchev–Trinajstić information content (AvgIpc) is 2.13. The molecule has 0 heterocycles. The van der Waals surface area contributed by atoms with Crippen LogP contribution in [-0.4, -0.2) is 32.0 Å². The Morgan fingerprint density at radius 2 is 1.86 bits per heavy atom. The molecule has 0 amide bonds. The first-order valence-electron chi connectivity index (χ1n) is 4.93. The molecule has 0 aliphatic heterocycles. The molecule has 2 N–H and O–H groups in total. The van der Waals surface area contributed by atoms with Crippen molar-refractivity contribution in [2.45, 2.75) is 32.2 Å². The van der Waals surface area contributed by atoms with Crippen molar-refractivity contribution in [3.05, 3.63) is 0 Å². The van der Waals surface area contributed by atoms with Crippen molar-refractivity contribution in [1.29, 1.82) is 5.26 Å². The second-order valence-electron chi connectivity index (χ2n) is 3.67. The molecule has 0 rings (SSSR count). The third-order valence-electron chi connectivity index (χ3n) is 1.57. The minimum atomic E-state index is -0.454. The van der Waals surface area contributed by atoms with E-state index in [1.807, 2.05) is 13.0 Å². The summed E-state index contributed by atoms with van der Waals surface area (Å²) in [7, 11) is 0. The molecule has 0 aromatic heterocycles. The van der Waals surface area contributed by atoms with Crippen LogP contribution in [0.25, 0.3) is 0 Å². The van der Waals surface area contributed by atoms with E-state index in [4.69, 9.17) is 20.5 Å². The van der Waals surface area contributed by atoms with Crippen LogP contribution in [0.4, 0.5) is 0 Å². The zero-order valence-corrected chi connectivity index (χ0v) is 9.08. The third-order valence-corrected chi connectivity index (χ3v) is 1.57. The molecule has 0 aromatic carbocycles. The molecule has 0 spiro atoms. The Morgan fingerprint density at radius 3 is 2.36 bits per heavy atom. The van der Waals surface area contributed by atoms with Crippen LogP contribution in [0.15, 0.2) is 0 Å². The van der Waals surface area contributed by atoms with Crippen molar-refractivity contribution in [3.63, 3.8) is 0 Å². The molecule has 0 aromatic rings. The molecule has 1 atom stereocenters. The molecule has 4 heteroatoms. The first-order chi connectivity index (χ1) is 6.62. The lowest BCUT2D eigenvalue weighted by molar-refractivity contribution is 0.0319. The van der Waals surface area contributed by atoms with Gasteiger partial charge in [-0.2, -0.15) is 5.26 Å². The van der Waals surface area contributed by atoms with Gasteiger partial charge in [0.05, 0.1) is 37.8 Å². The highest BCUT2D eigenvalue weighted by atomic mass is 16.5. The Balaban J connectivity index is 3.46. The van der Waals surface area contributed by atoms with Gasteiger partial charge in [0, 0.05) is 6.61 Å². The number of nitrogens with two attached hydrogens (primary N) is 1. The summed E-state index contributed by atoms with van der Waals surface area (Å²) in [6.07, 6.45) is 1.40. The van der Waals surface area contributed by atoms with E-state index in [2.05, 4.69) is 6.92 Å². The molecule has 0 fully saturated rings. The average molecular weight is 200 g/mol. The lowest BCUT2D eigenvalue weighted by Crippen LogP contribution is -2.46. The molecular weight excluding hydrogens is 180 g/mol. The van der Waals surface area contributed by atoms with Gasteiger partial charge in [0.15, 0.2) is 0 Å². The van der Waals surface area contributed by atoms with Gasteiger partial charge in [0.1, 0.15) is 0 Å². The molecule has 0 radical (unpaired) electrons. The summed E-state index contributed by atoms with van der Waals surface area (Å²) >= 11 is 0. The maximum Gasteiger partial charge on any atom is 0.0666 e. The quantitative estimate of drug-likeness (QED) is 0.595. The molecule has 0 saturated heterocycles. The molecule has 0 aliphatic carbocycles. The van der Waals surface area contributed by atoms with Gasteiger partial charge in [-0.25, -0.2) is 0 Å². The number of hydrogen-bond donors (Lipinski definition) is 1. The normalized spacial score (nSPS) is 14.7. The number of nitriles is 1. The summed E-state index contributed by atoms with van der Waals surface area (Å²) in [6, 6.07) is 2.01. The van der Waals surface area contributed by atoms with Crippen molar-refractivity contribution in [2.24, 2.45) is 5.73 Å². The zero-order valence-electron chi connectivity index (χ0n) is 9.08. The SMILES string of the molecule is CCCOCC(C)(N)COCCC#N. The summed E-state index contributed by atoms with van der Waals surface area (Å²) in [5, 5.41) is 8.28. The Labute approximate surface area is 86.0 Å². The van der Waals surface area contributed by atoms with Crippen LogP contribution in [0, 0.1) is 11.3 Å². The number of nitrogens with zero attached hydrogens (tertiary/aromatic N) is 1. The summed E-state index contributed by atoms with van der Waals surface area (Å²) in [4.78, 5) is 0. The molecule has 0 bridgehead atoms. The molecule has 0 saturated carbocycles. The van der Waals surface area contributed by atoms with Crippen LogP contribution in [-0.2, 0) is 9.47 Å². The van der Waals surface area contributed by atoms with Gasteiger partial charge in [-0.15, -0.1) is 0 Å². The minimum absolute atomic E-state index is 0.409. The van der Waals surface area contributed by atoms with E-state index in [1.54, 1.807) is 0 Å². The first kappa shape index (κ1) is 13.4. The molecular formula is C10H20N2O2. The molecule has 1 unspecified atom stereocenters. The summed E-state index contributed by atoms with van der Waals surface area (Å²) in [5.41, 5.74) is 5.45. The van der Waals surface area contributed by atoms with Gasteiger partial charge in [-0.1, -0.05) is 6.92 Å². The maximum atomic E-state index is 8.28. The fraction of sp³-hybridized carbons (Fsp3) is 0.900. The standard InChI is InChI=1S/C10H20N2O2/c1-3-6-13-8-10(2,12)9-14-7-4-5-11/h3-4,6-9,12H2,1-2H3. The van der Waals surface area contributed by atoms with E-state index in [0.29, 0.717) is 26.2 Å². The van der Waals surface area contributed by atoms with Gasteiger partial charge in [0.2, 0.25) is 0 Å². The van der Waals surface area contributed by atoms with E-state index in [9.17, 15) is 0 Å². The van der Waals surface area contributed by atoms with Crippen LogP contribution in [0.5, 0.6) is 0 Å². The Bertz CT molecular complexity index is 175. The minimum Gasteiger partial charge on any atom is -0.379 e. The van der Waals surface area contributed by atoms with Gasteiger partial charge in [0.25, 0.3) is 0 Å². The van der Waals surface area contributed by atoms with Crippen molar-refractivity contribution in [2.75, 3.05) is 26.4 Å². The van der Waals surface area contributed by atoms with Crippen molar-refractivity contribution in [1.82, 2.24) is 0 Å². The molecule has 0 aliphatic rings. The van der Waals surface area contributed by atoms with E-state index in [0.717, 1.165) is 13.0 Å². The maximum absolute atomic E-state index is 8.28. The van der Waals surface area contributed by atoms with Gasteiger partial charge < -0.3 is 15.2 Å². The fourth-order valence-electron chi connectivity index (χ4n) is 0.914. The molecule has 14 heavy (non-hydrogen) atoms. The van der Waals surface area contributed by atoms with Crippen LogP contribution in [0.1, 0.15) is 26.7 Å². The lowest BCUT2D eigenvalue weighted by atomic mass is 10.1. The number of hydrogen-bond acceptors (Lipinski definition) is 4. The van der Waals surface area contributed by atoms with E-state index in [-0.39, 0.29) is 0 Å². The predicted octanol–water partition coefficient (Wildman–Crippen LogP) is 1.06. The highest BCUT2D eigenvalue weighted by molar-refractivity contribution is 4.78. The van der Waals surface area contributed by atoms with E-state index < -0.39 is 5.54 Å². The first-order valence-corrected chi connectivity index (χ1v) is 4.93. The smallest absolute Gasteiger partial charge is 0.0666 e. The summed E-state index contributed by atoms with van der Waals surface area (Å²) < 4.78 is 10.6. The van der Waals surface area contributed by atoms with Gasteiger partial charge >= 0.3 is 0 Å². The van der Waals surface area contributed by atoms with Crippen LogP contribution in [0.2, 0.25) is 0 Å². The zero-order chi connectivity index (χ0) is 10.9. The van der Waals surface area contributed by atoms with Gasteiger partial charge in [-0.05, 0) is 13.3 Å². The van der Waals surface area contributed by atoms with Crippen LogP contribution >= 0.6 is 0 Å². The van der Waals surface area contributed by atoms with Gasteiger partial charge in [-0.3, -0.25) is 0 Å². The monoisotopic (exact) mass is 200 g/mol. The highest BCUT2D eigenvalue weighted by Gasteiger charge is 2.18. The molecule has 4 nitrogen and oxygen atoms in total. The largest absolute Gasteiger partial charge is 0.379 e. The van der Waals surface area contributed by atoms with Crippen LogP contribution < -0.4 is 5.73 Å². The second-order valence-corrected chi connectivity index (χ2v) is 3.67. The second kappa shape index (κ2) is 7.74. The summed E-state index contributed by atoms with van der Waals surface area (Å²) in [6.45, 7) is 6.03. The lowest BCUT2D eigenvalue weighted by Gasteiger charge is -2.23. The number of rotatable bonds is 8. The summed E-state index contributed by atoms with van der Waals surface area (Å²) in [5.74, 6) is 0. The Hall–Kier alpha value is -0.630. The topological polar surface area (TPSA) is 68.3 Å². The van der Waals surface area contributed by atoms with Crippen molar-refractivity contribution >= 4 is 0 Å². The predicted molar refractivity (Wildman–Crippen MR) is 54.8 cm³/mol.